The molecule has 0 saturated carbocycles. The highest BCUT2D eigenvalue weighted by Crippen LogP contribution is 2.41. The van der Waals surface area contributed by atoms with E-state index in [-0.39, 0.29) is 6.10 Å². The van der Waals surface area contributed by atoms with E-state index in [9.17, 15) is 0 Å². The molecule has 0 N–H and O–H groups in total. The molecule has 0 aliphatic carbocycles. The minimum Gasteiger partial charge on any atom is -0.363 e. The molecule has 2 unspecified atom stereocenters. The van der Waals surface area contributed by atoms with Crippen molar-refractivity contribution in [3.8, 4) is 0 Å². The Labute approximate surface area is 84.5 Å². The first kappa shape index (κ1) is 9.59. The van der Waals surface area contributed by atoms with Crippen LogP contribution in [-0.2, 0) is 4.74 Å². The summed E-state index contributed by atoms with van der Waals surface area (Å²) in [6.07, 6.45) is 4.69. The number of ether oxygens (including phenoxy) is 1. The predicted molar refractivity (Wildman–Crippen MR) is 54.0 cm³/mol. The Morgan fingerprint density at radius 1 is 1.43 bits per heavy atom. The van der Waals surface area contributed by atoms with E-state index in [1.807, 2.05) is 13.8 Å². The van der Waals surface area contributed by atoms with Gasteiger partial charge in [0.2, 0.25) is 0 Å². The van der Waals surface area contributed by atoms with Crippen molar-refractivity contribution in [2.24, 2.45) is 0 Å². The second-order valence-electron chi connectivity index (χ2n) is 3.87. The summed E-state index contributed by atoms with van der Waals surface area (Å²) in [5.41, 5.74) is 3.00. The zero-order valence-electron chi connectivity index (χ0n) is 8.95. The maximum absolute atomic E-state index is 5.58. The molecule has 3 heteroatoms. The fraction of sp³-hybridized carbons (Fsp3) is 0.636. The van der Waals surface area contributed by atoms with Crippen LogP contribution in [0, 0.1) is 13.8 Å². The second kappa shape index (κ2) is 3.65. The highest BCUT2D eigenvalue weighted by Gasteiger charge is 2.41. The predicted octanol–water partition coefficient (Wildman–Crippen LogP) is 2.33. The molecule has 0 aromatic carbocycles. The number of aryl methyl sites for hydroxylation is 2. The van der Waals surface area contributed by atoms with Gasteiger partial charge in [-0.2, -0.15) is 0 Å². The van der Waals surface area contributed by atoms with Crippen LogP contribution in [0.3, 0.4) is 0 Å². The van der Waals surface area contributed by atoms with E-state index in [0.29, 0.717) is 6.10 Å². The van der Waals surface area contributed by atoms with Crippen molar-refractivity contribution in [2.75, 3.05) is 0 Å². The fourth-order valence-corrected chi connectivity index (χ4v) is 1.71. The topological polar surface area (TPSA) is 38.3 Å². The van der Waals surface area contributed by atoms with Crippen LogP contribution in [0.4, 0.5) is 0 Å². The number of epoxide rings is 1. The van der Waals surface area contributed by atoms with E-state index in [0.717, 1.165) is 23.5 Å². The fourth-order valence-electron chi connectivity index (χ4n) is 1.71. The molecule has 1 aliphatic rings. The van der Waals surface area contributed by atoms with Gasteiger partial charge in [0.05, 0.1) is 23.2 Å². The van der Waals surface area contributed by atoms with Gasteiger partial charge < -0.3 is 4.74 Å². The van der Waals surface area contributed by atoms with Crippen LogP contribution in [-0.4, -0.2) is 16.1 Å². The van der Waals surface area contributed by atoms with Crippen molar-refractivity contribution in [1.82, 2.24) is 9.97 Å². The number of aromatic nitrogens is 2. The van der Waals surface area contributed by atoms with Gasteiger partial charge in [0.1, 0.15) is 6.10 Å². The normalized spacial score (nSPS) is 25.1. The molecule has 2 rings (SSSR count). The van der Waals surface area contributed by atoms with Crippen molar-refractivity contribution >= 4 is 0 Å². The molecule has 1 saturated heterocycles. The van der Waals surface area contributed by atoms with Gasteiger partial charge in [-0.1, -0.05) is 13.3 Å². The summed E-state index contributed by atoms with van der Waals surface area (Å²) in [6.45, 7) is 6.13. The zero-order valence-corrected chi connectivity index (χ0v) is 8.95. The highest BCUT2D eigenvalue weighted by molar-refractivity contribution is 5.19. The first-order valence-electron chi connectivity index (χ1n) is 5.18. The van der Waals surface area contributed by atoms with Crippen molar-refractivity contribution in [1.29, 1.82) is 0 Å². The Morgan fingerprint density at radius 3 is 2.93 bits per heavy atom. The molecule has 3 nitrogen and oxygen atoms in total. The van der Waals surface area contributed by atoms with E-state index >= 15 is 0 Å². The van der Waals surface area contributed by atoms with Gasteiger partial charge >= 0.3 is 0 Å². The quantitative estimate of drug-likeness (QED) is 0.690. The maximum Gasteiger partial charge on any atom is 0.128 e. The zero-order chi connectivity index (χ0) is 10.1. The molecular weight excluding hydrogens is 176 g/mol. The van der Waals surface area contributed by atoms with Crippen molar-refractivity contribution < 1.29 is 4.74 Å². The van der Waals surface area contributed by atoms with Gasteiger partial charge in [0.15, 0.2) is 0 Å². The number of nitrogens with zero attached hydrogens (tertiary/aromatic N) is 2. The van der Waals surface area contributed by atoms with E-state index < -0.39 is 0 Å². The lowest BCUT2D eigenvalue weighted by molar-refractivity contribution is 0.361. The lowest BCUT2D eigenvalue weighted by Gasteiger charge is -2.01. The Kier molecular flexibility index (Phi) is 2.50. The third-order valence-corrected chi connectivity index (χ3v) is 2.54. The number of hydrogen-bond donors (Lipinski definition) is 0. The molecule has 76 valence electrons. The Balaban J connectivity index is 2.14. The standard InChI is InChI=1S/C11H16N2O/c1-4-5-9-11(14-9)10-8(3)12-6-7(2)13-10/h6,9,11H,4-5H2,1-3H3. The highest BCUT2D eigenvalue weighted by atomic mass is 16.6. The van der Waals surface area contributed by atoms with Crippen LogP contribution in [0.25, 0.3) is 0 Å². The number of hydrogen-bond acceptors (Lipinski definition) is 3. The lowest BCUT2D eigenvalue weighted by Crippen LogP contribution is -1.99. The van der Waals surface area contributed by atoms with Crippen LogP contribution >= 0.6 is 0 Å². The second-order valence-corrected chi connectivity index (χ2v) is 3.87. The Hall–Kier alpha value is -0.960. The summed E-state index contributed by atoms with van der Waals surface area (Å²) >= 11 is 0. The van der Waals surface area contributed by atoms with Crippen molar-refractivity contribution in [3.05, 3.63) is 23.3 Å². The van der Waals surface area contributed by atoms with Gasteiger partial charge in [-0.15, -0.1) is 0 Å². The van der Waals surface area contributed by atoms with Crippen LogP contribution in [0.5, 0.6) is 0 Å². The summed E-state index contributed by atoms with van der Waals surface area (Å²) < 4.78 is 5.58. The van der Waals surface area contributed by atoms with Gasteiger partial charge in [0.25, 0.3) is 0 Å². The van der Waals surface area contributed by atoms with E-state index in [1.54, 1.807) is 6.20 Å². The lowest BCUT2D eigenvalue weighted by atomic mass is 10.1. The van der Waals surface area contributed by atoms with Crippen LogP contribution in [0.15, 0.2) is 6.20 Å². The molecule has 0 bridgehead atoms. The first-order valence-corrected chi connectivity index (χ1v) is 5.18. The molecule has 2 atom stereocenters. The van der Waals surface area contributed by atoms with E-state index in [4.69, 9.17) is 4.74 Å². The third kappa shape index (κ3) is 1.77. The van der Waals surface area contributed by atoms with Crippen LogP contribution < -0.4 is 0 Å². The minimum absolute atomic E-state index is 0.211. The summed E-state index contributed by atoms with van der Waals surface area (Å²) in [4.78, 5) is 8.77. The SMILES string of the molecule is CCCC1OC1c1nc(C)cnc1C. The monoisotopic (exact) mass is 192 g/mol. The van der Waals surface area contributed by atoms with Gasteiger partial charge in [-0.3, -0.25) is 9.97 Å². The van der Waals surface area contributed by atoms with Crippen molar-refractivity contribution in [2.45, 2.75) is 45.8 Å². The number of rotatable bonds is 3. The summed E-state index contributed by atoms with van der Waals surface area (Å²) in [5.74, 6) is 0. The van der Waals surface area contributed by atoms with Gasteiger partial charge in [-0.25, -0.2) is 0 Å². The largest absolute Gasteiger partial charge is 0.363 e. The molecule has 0 spiro atoms. The first-order chi connectivity index (χ1) is 6.72. The van der Waals surface area contributed by atoms with Crippen LogP contribution in [0.1, 0.15) is 43.0 Å². The van der Waals surface area contributed by atoms with Gasteiger partial charge in [-0.05, 0) is 20.3 Å². The molecule has 0 amide bonds. The Bertz CT molecular complexity index is 338. The van der Waals surface area contributed by atoms with E-state index in [1.165, 1.54) is 6.42 Å². The van der Waals surface area contributed by atoms with Crippen LogP contribution in [0.2, 0.25) is 0 Å². The van der Waals surface area contributed by atoms with E-state index in [2.05, 4.69) is 16.9 Å². The molecule has 1 aromatic heterocycles. The smallest absolute Gasteiger partial charge is 0.128 e. The molecule has 2 heterocycles. The molecule has 14 heavy (non-hydrogen) atoms. The summed E-state index contributed by atoms with van der Waals surface area (Å²) in [5, 5.41) is 0. The average Bonchev–Trinajstić information content (AvgIpc) is 2.89. The third-order valence-electron chi connectivity index (χ3n) is 2.54. The molecular formula is C11H16N2O. The summed E-state index contributed by atoms with van der Waals surface area (Å²) in [7, 11) is 0. The van der Waals surface area contributed by atoms with Gasteiger partial charge in [0, 0.05) is 6.20 Å². The minimum atomic E-state index is 0.211. The van der Waals surface area contributed by atoms with Crippen molar-refractivity contribution in [3.63, 3.8) is 0 Å². The summed E-state index contributed by atoms with van der Waals surface area (Å²) in [6, 6.07) is 0. The Morgan fingerprint density at radius 2 is 2.21 bits per heavy atom. The maximum atomic E-state index is 5.58. The molecule has 1 aliphatic heterocycles. The molecule has 1 fully saturated rings. The molecule has 0 radical (unpaired) electrons. The average molecular weight is 192 g/mol. The molecule has 1 aromatic rings.